The minimum absolute atomic E-state index is 0.00828. The van der Waals surface area contributed by atoms with E-state index in [1.165, 1.54) is 24.3 Å². The summed E-state index contributed by atoms with van der Waals surface area (Å²) in [4.78, 5) is 12.0. The van der Waals surface area contributed by atoms with Crippen LogP contribution in [0.4, 0.5) is 5.69 Å². The molecule has 134 valence electrons. The number of fused-ring (bicyclic) bond motifs is 2. The number of hydrogen-bond donors (Lipinski definition) is 3. The Hall–Kier alpha value is -2.24. The summed E-state index contributed by atoms with van der Waals surface area (Å²) in [6.07, 6.45) is -0.168. The van der Waals surface area contributed by atoms with Gasteiger partial charge < -0.3 is 10.4 Å². The van der Waals surface area contributed by atoms with E-state index in [0.29, 0.717) is 4.70 Å². The standard InChI is InChI=1S/C15H10ClN3O5S2/c16-9-3-4-11(13-12(9)14(20)19(22)15(21)18-13)26(23,24)8-2-1-7-6-17-25-10(7)5-8/h1-6,15,18,21-22H. The van der Waals surface area contributed by atoms with Crippen molar-refractivity contribution in [2.75, 3.05) is 5.32 Å². The minimum atomic E-state index is -4.04. The molecule has 3 aromatic rings. The van der Waals surface area contributed by atoms with Crippen LogP contribution in [-0.4, -0.2) is 40.4 Å². The highest BCUT2D eigenvalue weighted by Crippen LogP contribution is 2.38. The van der Waals surface area contributed by atoms with Crippen molar-refractivity contribution in [1.29, 1.82) is 0 Å². The number of benzene rings is 2. The lowest BCUT2D eigenvalue weighted by Gasteiger charge is -2.31. The highest BCUT2D eigenvalue weighted by atomic mass is 35.5. The van der Waals surface area contributed by atoms with Crippen molar-refractivity contribution >= 4 is 54.7 Å². The Kier molecular flexibility index (Phi) is 3.90. The normalized spacial score (nSPS) is 17.3. The van der Waals surface area contributed by atoms with Crippen LogP contribution in [0.2, 0.25) is 5.02 Å². The molecule has 0 fully saturated rings. The zero-order valence-electron chi connectivity index (χ0n) is 12.7. The van der Waals surface area contributed by atoms with E-state index < -0.39 is 22.1 Å². The third-order valence-corrected chi connectivity index (χ3v) is 6.84. The Morgan fingerprint density at radius 2 is 2.04 bits per heavy atom. The molecule has 0 saturated carbocycles. The average Bonchev–Trinajstić information content (AvgIpc) is 3.07. The highest BCUT2D eigenvalue weighted by Gasteiger charge is 2.36. The molecule has 0 spiro atoms. The topological polar surface area (TPSA) is 120 Å². The van der Waals surface area contributed by atoms with Crippen LogP contribution in [0.5, 0.6) is 0 Å². The second-order valence-electron chi connectivity index (χ2n) is 5.49. The third-order valence-electron chi connectivity index (χ3n) is 3.97. The number of carbonyl (C=O) groups excluding carboxylic acids is 1. The summed E-state index contributed by atoms with van der Waals surface area (Å²) in [6.45, 7) is 0. The van der Waals surface area contributed by atoms with Gasteiger partial charge in [-0.15, -0.1) is 0 Å². The molecule has 26 heavy (non-hydrogen) atoms. The second-order valence-corrected chi connectivity index (χ2v) is 8.65. The Labute approximate surface area is 156 Å². The van der Waals surface area contributed by atoms with E-state index in [-0.39, 0.29) is 31.1 Å². The fourth-order valence-corrected chi connectivity index (χ4v) is 5.13. The van der Waals surface area contributed by atoms with Crippen molar-refractivity contribution < 1.29 is 23.5 Å². The van der Waals surface area contributed by atoms with E-state index in [9.17, 15) is 23.5 Å². The van der Waals surface area contributed by atoms with Crippen molar-refractivity contribution in [3.63, 3.8) is 0 Å². The molecule has 1 amide bonds. The van der Waals surface area contributed by atoms with Crippen LogP contribution in [0.25, 0.3) is 10.1 Å². The molecule has 1 aliphatic heterocycles. The number of carbonyl (C=O) groups is 1. The van der Waals surface area contributed by atoms with Gasteiger partial charge in [-0.3, -0.25) is 10.0 Å². The zero-order valence-corrected chi connectivity index (χ0v) is 15.1. The molecule has 4 rings (SSSR count). The van der Waals surface area contributed by atoms with Crippen molar-refractivity contribution in [2.45, 2.75) is 16.1 Å². The van der Waals surface area contributed by atoms with Crippen LogP contribution < -0.4 is 5.32 Å². The van der Waals surface area contributed by atoms with Crippen LogP contribution in [-0.2, 0) is 9.84 Å². The van der Waals surface area contributed by atoms with Crippen LogP contribution >= 0.6 is 23.1 Å². The lowest BCUT2D eigenvalue weighted by Crippen LogP contribution is -2.47. The van der Waals surface area contributed by atoms with E-state index >= 15 is 0 Å². The molecule has 1 atom stereocenters. The van der Waals surface area contributed by atoms with Crippen LogP contribution in [0.1, 0.15) is 10.4 Å². The molecule has 0 aliphatic carbocycles. The SMILES string of the molecule is O=C1c2c(Cl)ccc(S(=O)(=O)c3ccc4cnsc4c3)c2NC(O)N1O. The average molecular weight is 412 g/mol. The van der Waals surface area contributed by atoms with Crippen molar-refractivity contribution in [1.82, 2.24) is 9.44 Å². The van der Waals surface area contributed by atoms with Crippen molar-refractivity contribution in [2.24, 2.45) is 0 Å². The predicted octanol–water partition coefficient (Wildman–Crippen LogP) is 2.32. The molecule has 1 aliphatic rings. The fraction of sp³-hybridized carbons (Fsp3) is 0.0667. The van der Waals surface area contributed by atoms with Gasteiger partial charge >= 0.3 is 0 Å². The van der Waals surface area contributed by atoms with Gasteiger partial charge in [0.1, 0.15) is 0 Å². The summed E-state index contributed by atoms with van der Waals surface area (Å²) in [7, 11) is -4.04. The molecule has 1 aromatic heterocycles. The smallest absolute Gasteiger partial charge is 0.284 e. The van der Waals surface area contributed by atoms with Gasteiger partial charge in [-0.05, 0) is 35.8 Å². The molecule has 0 bridgehead atoms. The van der Waals surface area contributed by atoms with Crippen molar-refractivity contribution in [3.8, 4) is 0 Å². The Bertz CT molecular complexity index is 1160. The molecule has 8 nitrogen and oxygen atoms in total. The fourth-order valence-electron chi connectivity index (χ4n) is 2.68. The minimum Gasteiger partial charge on any atom is -0.355 e. The van der Waals surface area contributed by atoms with E-state index in [4.69, 9.17) is 11.6 Å². The van der Waals surface area contributed by atoms with Gasteiger partial charge in [0.15, 0.2) is 0 Å². The van der Waals surface area contributed by atoms with Crippen LogP contribution in [0.3, 0.4) is 0 Å². The van der Waals surface area contributed by atoms with E-state index in [1.54, 1.807) is 12.3 Å². The number of aliphatic hydroxyl groups excluding tert-OH is 1. The number of hydrogen-bond acceptors (Lipinski definition) is 8. The summed E-state index contributed by atoms with van der Waals surface area (Å²) >= 11 is 7.16. The number of hydroxylamine groups is 2. The molecular weight excluding hydrogens is 402 g/mol. The maximum atomic E-state index is 13.1. The first-order chi connectivity index (χ1) is 12.3. The van der Waals surface area contributed by atoms with Gasteiger partial charge in [0.25, 0.3) is 5.91 Å². The summed E-state index contributed by atoms with van der Waals surface area (Å²) in [5.74, 6) is -1.01. The number of rotatable bonds is 2. The summed E-state index contributed by atoms with van der Waals surface area (Å²) in [5.41, 5.74) is -0.399. The monoisotopic (exact) mass is 411 g/mol. The van der Waals surface area contributed by atoms with Gasteiger partial charge in [0.05, 0.1) is 30.8 Å². The lowest BCUT2D eigenvalue weighted by molar-refractivity contribution is -0.148. The number of aliphatic hydroxyl groups is 1. The van der Waals surface area contributed by atoms with Gasteiger partial charge in [-0.2, -0.15) is 9.44 Å². The first kappa shape index (κ1) is 17.2. The number of amides is 1. The van der Waals surface area contributed by atoms with Gasteiger partial charge in [0.2, 0.25) is 16.2 Å². The molecule has 0 radical (unpaired) electrons. The molecule has 3 N–H and O–H groups in total. The van der Waals surface area contributed by atoms with Gasteiger partial charge in [-0.25, -0.2) is 8.42 Å². The molecule has 2 aromatic carbocycles. The molecule has 2 heterocycles. The van der Waals surface area contributed by atoms with E-state index in [0.717, 1.165) is 16.9 Å². The van der Waals surface area contributed by atoms with Crippen LogP contribution in [0, 0.1) is 0 Å². The number of sulfone groups is 1. The molecule has 1 unspecified atom stereocenters. The summed E-state index contributed by atoms with van der Waals surface area (Å²) < 4.78 is 30.9. The third kappa shape index (κ3) is 2.46. The van der Waals surface area contributed by atoms with E-state index in [2.05, 4.69) is 9.69 Å². The molecule has 11 heteroatoms. The largest absolute Gasteiger partial charge is 0.355 e. The Balaban J connectivity index is 1.94. The highest BCUT2D eigenvalue weighted by molar-refractivity contribution is 7.91. The number of halogens is 1. The number of anilines is 1. The number of nitrogens with one attached hydrogen (secondary N) is 1. The van der Waals surface area contributed by atoms with Crippen LogP contribution in [0.15, 0.2) is 46.3 Å². The number of nitrogens with zero attached hydrogens (tertiary/aromatic N) is 2. The van der Waals surface area contributed by atoms with E-state index in [1.807, 2.05) is 0 Å². The first-order valence-corrected chi connectivity index (χ1v) is 9.83. The van der Waals surface area contributed by atoms with Gasteiger partial charge in [-0.1, -0.05) is 17.7 Å². The molecule has 0 saturated heterocycles. The molecular formula is C15H10ClN3O5S2. The summed E-state index contributed by atoms with van der Waals surface area (Å²) in [5, 5.41) is 22.5. The zero-order chi connectivity index (χ0) is 18.6. The lowest BCUT2D eigenvalue weighted by atomic mass is 10.1. The first-order valence-electron chi connectivity index (χ1n) is 7.20. The van der Waals surface area contributed by atoms with Gasteiger partial charge in [0, 0.05) is 11.6 Å². The maximum Gasteiger partial charge on any atom is 0.284 e. The second kappa shape index (κ2) is 5.89. The number of aromatic nitrogens is 1. The van der Waals surface area contributed by atoms with Crippen molar-refractivity contribution in [3.05, 3.63) is 47.1 Å². The Morgan fingerprint density at radius 1 is 1.27 bits per heavy atom. The maximum absolute atomic E-state index is 13.1. The Morgan fingerprint density at radius 3 is 2.81 bits per heavy atom. The predicted molar refractivity (Wildman–Crippen MR) is 94.1 cm³/mol. The summed E-state index contributed by atoms with van der Waals surface area (Å²) in [6, 6.07) is 7.06. The quantitative estimate of drug-likeness (QED) is 0.553.